The Hall–Kier alpha value is -0.870. The van der Waals surface area contributed by atoms with Gasteiger partial charge in [0.25, 0.3) is 0 Å². The number of nitrogens with zero attached hydrogens (tertiary/aromatic N) is 1. The monoisotopic (exact) mass is 338 g/mol. The average molecular weight is 339 g/mol. The van der Waals surface area contributed by atoms with Crippen LogP contribution in [-0.2, 0) is 11.3 Å². The SMILES string of the molecule is CC(C)(N)CCC(=O)N(Cc1ccccc1Br)C1CC1. The number of amides is 1. The van der Waals surface area contributed by atoms with E-state index >= 15 is 0 Å². The molecule has 2 N–H and O–H groups in total. The summed E-state index contributed by atoms with van der Waals surface area (Å²) in [6.07, 6.45) is 3.51. The van der Waals surface area contributed by atoms with Crippen molar-refractivity contribution in [3.8, 4) is 0 Å². The van der Waals surface area contributed by atoms with Crippen LogP contribution in [0.1, 0.15) is 45.1 Å². The van der Waals surface area contributed by atoms with Crippen LogP contribution in [0.25, 0.3) is 0 Å². The van der Waals surface area contributed by atoms with Crippen LogP contribution >= 0.6 is 15.9 Å². The maximum Gasteiger partial charge on any atom is 0.223 e. The molecule has 3 nitrogen and oxygen atoms in total. The number of hydrogen-bond donors (Lipinski definition) is 1. The Balaban J connectivity index is 2.01. The van der Waals surface area contributed by atoms with Crippen molar-refractivity contribution in [1.29, 1.82) is 0 Å². The van der Waals surface area contributed by atoms with Gasteiger partial charge in [0.1, 0.15) is 0 Å². The van der Waals surface area contributed by atoms with Gasteiger partial charge in [0.2, 0.25) is 5.91 Å². The van der Waals surface area contributed by atoms with Gasteiger partial charge in [0.05, 0.1) is 0 Å². The molecule has 0 aromatic heterocycles. The minimum Gasteiger partial charge on any atom is -0.335 e. The topological polar surface area (TPSA) is 46.3 Å². The number of benzene rings is 1. The van der Waals surface area contributed by atoms with Crippen LogP contribution in [-0.4, -0.2) is 22.4 Å². The molecule has 1 amide bonds. The fraction of sp³-hybridized carbons (Fsp3) is 0.562. The molecule has 1 saturated carbocycles. The van der Waals surface area contributed by atoms with Crippen molar-refractivity contribution in [3.05, 3.63) is 34.3 Å². The summed E-state index contributed by atoms with van der Waals surface area (Å²) in [6.45, 7) is 4.63. The van der Waals surface area contributed by atoms with E-state index in [0.717, 1.165) is 23.7 Å². The van der Waals surface area contributed by atoms with Gasteiger partial charge in [-0.1, -0.05) is 34.1 Å². The van der Waals surface area contributed by atoms with Crippen LogP contribution in [0, 0.1) is 0 Å². The Labute approximate surface area is 129 Å². The van der Waals surface area contributed by atoms with E-state index in [1.54, 1.807) is 0 Å². The highest BCUT2D eigenvalue weighted by molar-refractivity contribution is 9.10. The summed E-state index contributed by atoms with van der Waals surface area (Å²) >= 11 is 3.56. The van der Waals surface area contributed by atoms with Crippen molar-refractivity contribution < 1.29 is 4.79 Å². The summed E-state index contributed by atoms with van der Waals surface area (Å²) in [5.41, 5.74) is 6.86. The number of nitrogens with two attached hydrogens (primary N) is 1. The molecule has 0 saturated heterocycles. The second-order valence-corrected chi connectivity index (χ2v) is 7.19. The largest absolute Gasteiger partial charge is 0.335 e. The second-order valence-electron chi connectivity index (χ2n) is 6.33. The van der Waals surface area contributed by atoms with Crippen molar-refractivity contribution in [2.24, 2.45) is 5.73 Å². The molecule has 0 radical (unpaired) electrons. The van der Waals surface area contributed by atoms with Crippen molar-refractivity contribution in [2.45, 2.75) is 57.7 Å². The van der Waals surface area contributed by atoms with Gasteiger partial charge in [-0.05, 0) is 44.7 Å². The number of carbonyl (C=O) groups is 1. The zero-order valence-electron chi connectivity index (χ0n) is 12.2. The third-order valence-corrected chi connectivity index (χ3v) is 4.36. The van der Waals surface area contributed by atoms with E-state index in [1.165, 1.54) is 5.56 Å². The fourth-order valence-corrected chi connectivity index (χ4v) is 2.60. The van der Waals surface area contributed by atoms with Crippen LogP contribution in [0.15, 0.2) is 28.7 Å². The Morgan fingerprint density at radius 3 is 2.60 bits per heavy atom. The first-order valence-electron chi connectivity index (χ1n) is 7.18. The molecular weight excluding hydrogens is 316 g/mol. The van der Waals surface area contributed by atoms with Gasteiger partial charge >= 0.3 is 0 Å². The minimum atomic E-state index is -0.280. The summed E-state index contributed by atoms with van der Waals surface area (Å²) in [7, 11) is 0. The summed E-state index contributed by atoms with van der Waals surface area (Å²) in [4.78, 5) is 14.5. The lowest BCUT2D eigenvalue weighted by molar-refractivity contribution is -0.132. The van der Waals surface area contributed by atoms with Gasteiger partial charge in [-0.25, -0.2) is 0 Å². The lowest BCUT2D eigenvalue weighted by Gasteiger charge is -2.25. The Morgan fingerprint density at radius 2 is 2.05 bits per heavy atom. The summed E-state index contributed by atoms with van der Waals surface area (Å²) in [5.74, 6) is 0.224. The predicted octanol–water partition coefficient (Wildman–Crippen LogP) is 3.46. The highest BCUT2D eigenvalue weighted by Gasteiger charge is 2.33. The minimum absolute atomic E-state index is 0.224. The number of hydrogen-bond acceptors (Lipinski definition) is 2. The zero-order valence-corrected chi connectivity index (χ0v) is 13.8. The Bertz CT molecular complexity index is 478. The molecule has 1 aromatic carbocycles. The van der Waals surface area contributed by atoms with Crippen molar-refractivity contribution in [3.63, 3.8) is 0 Å². The molecule has 0 heterocycles. The average Bonchev–Trinajstić information content (AvgIpc) is 3.18. The lowest BCUT2D eigenvalue weighted by atomic mass is 9.99. The van der Waals surface area contributed by atoms with Crippen LogP contribution in [0.3, 0.4) is 0 Å². The van der Waals surface area contributed by atoms with E-state index in [9.17, 15) is 4.79 Å². The molecule has 0 unspecified atom stereocenters. The molecule has 0 bridgehead atoms. The third-order valence-electron chi connectivity index (χ3n) is 3.59. The van der Waals surface area contributed by atoms with Crippen molar-refractivity contribution in [2.75, 3.05) is 0 Å². The molecule has 1 aliphatic rings. The molecule has 0 atom stereocenters. The van der Waals surface area contributed by atoms with Gasteiger partial charge in [0, 0.05) is 29.0 Å². The van der Waals surface area contributed by atoms with E-state index in [0.29, 0.717) is 19.0 Å². The molecule has 1 aliphatic carbocycles. The highest BCUT2D eigenvalue weighted by Crippen LogP contribution is 2.30. The van der Waals surface area contributed by atoms with E-state index in [-0.39, 0.29) is 11.4 Å². The summed E-state index contributed by atoms with van der Waals surface area (Å²) in [5, 5.41) is 0. The van der Waals surface area contributed by atoms with E-state index in [2.05, 4.69) is 22.0 Å². The van der Waals surface area contributed by atoms with Crippen LogP contribution in [0.5, 0.6) is 0 Å². The fourth-order valence-electron chi connectivity index (χ4n) is 2.19. The van der Waals surface area contributed by atoms with Gasteiger partial charge < -0.3 is 10.6 Å². The number of rotatable bonds is 6. The molecule has 0 spiro atoms. The smallest absolute Gasteiger partial charge is 0.223 e. The van der Waals surface area contributed by atoms with E-state index in [1.807, 2.05) is 36.9 Å². The van der Waals surface area contributed by atoms with Gasteiger partial charge in [-0.2, -0.15) is 0 Å². The molecule has 1 aromatic rings. The van der Waals surface area contributed by atoms with Crippen LogP contribution < -0.4 is 5.73 Å². The quantitative estimate of drug-likeness (QED) is 0.863. The standard InChI is InChI=1S/C16H23BrN2O/c1-16(2,18)10-9-15(20)19(13-7-8-13)11-12-5-3-4-6-14(12)17/h3-6,13H,7-11,18H2,1-2H3. The van der Waals surface area contributed by atoms with Gasteiger partial charge in [-0.3, -0.25) is 4.79 Å². The molecule has 4 heteroatoms. The third kappa shape index (κ3) is 4.60. The molecule has 0 aliphatic heterocycles. The predicted molar refractivity (Wildman–Crippen MR) is 85.2 cm³/mol. The van der Waals surface area contributed by atoms with E-state index < -0.39 is 0 Å². The van der Waals surface area contributed by atoms with Gasteiger partial charge in [0.15, 0.2) is 0 Å². The second kappa shape index (κ2) is 6.27. The van der Waals surface area contributed by atoms with E-state index in [4.69, 9.17) is 5.73 Å². The highest BCUT2D eigenvalue weighted by atomic mass is 79.9. The zero-order chi connectivity index (χ0) is 14.8. The number of halogens is 1. The summed E-state index contributed by atoms with van der Waals surface area (Å²) in [6, 6.07) is 8.52. The molecule has 2 rings (SSSR count). The van der Waals surface area contributed by atoms with Crippen molar-refractivity contribution >= 4 is 21.8 Å². The molecule has 20 heavy (non-hydrogen) atoms. The summed E-state index contributed by atoms with van der Waals surface area (Å²) < 4.78 is 1.07. The molecule has 1 fully saturated rings. The van der Waals surface area contributed by atoms with Crippen LogP contribution in [0.2, 0.25) is 0 Å². The Kier molecular flexibility index (Phi) is 4.86. The maximum atomic E-state index is 12.4. The lowest BCUT2D eigenvalue weighted by Crippen LogP contribution is -2.37. The van der Waals surface area contributed by atoms with Crippen LogP contribution in [0.4, 0.5) is 0 Å². The first kappa shape index (κ1) is 15.5. The number of carbonyl (C=O) groups excluding carboxylic acids is 1. The molecule has 110 valence electrons. The first-order chi connectivity index (χ1) is 9.37. The normalized spacial score (nSPS) is 15.2. The maximum absolute atomic E-state index is 12.4. The van der Waals surface area contributed by atoms with Crippen molar-refractivity contribution in [1.82, 2.24) is 4.90 Å². The first-order valence-corrected chi connectivity index (χ1v) is 7.98. The molecular formula is C16H23BrN2O. The van der Waals surface area contributed by atoms with Gasteiger partial charge in [-0.15, -0.1) is 0 Å². The Morgan fingerprint density at radius 1 is 1.40 bits per heavy atom.